The van der Waals surface area contributed by atoms with Gasteiger partial charge in [0.15, 0.2) is 0 Å². The zero-order valence-electron chi connectivity index (χ0n) is 10.8. The number of thiocarbonyl (C=S) groups is 1. The number of carbonyl (C=O) groups excluding carboxylic acids is 1. The predicted octanol–water partition coefficient (Wildman–Crippen LogP) is 1.98. The van der Waals surface area contributed by atoms with Gasteiger partial charge in [0, 0.05) is 19.1 Å². The van der Waals surface area contributed by atoms with Crippen LogP contribution in [0.25, 0.3) is 0 Å². The van der Waals surface area contributed by atoms with E-state index in [9.17, 15) is 4.79 Å². The van der Waals surface area contributed by atoms with Gasteiger partial charge < -0.3 is 15.5 Å². The van der Waals surface area contributed by atoms with Gasteiger partial charge in [-0.25, -0.2) is 4.79 Å². The maximum absolute atomic E-state index is 12.4. The molecule has 1 saturated carbocycles. The molecular weight excluding hydrogens is 234 g/mol. The van der Waals surface area contributed by atoms with E-state index in [0.717, 1.165) is 25.9 Å². The van der Waals surface area contributed by atoms with Crippen molar-refractivity contribution in [3.05, 3.63) is 0 Å². The lowest BCUT2D eigenvalue weighted by Crippen LogP contribution is -2.50. The standard InChI is InChI=1S/C12H23N3OS/c1-3-14(4-2)12(16)15(9-11(13)17)10-7-5-6-8-10/h10H,3-9H2,1-2H3,(H2,13,17). The Labute approximate surface area is 109 Å². The topological polar surface area (TPSA) is 49.6 Å². The summed E-state index contributed by atoms with van der Waals surface area (Å²) in [5.41, 5.74) is 5.60. The Morgan fingerprint density at radius 3 is 2.24 bits per heavy atom. The lowest BCUT2D eigenvalue weighted by Gasteiger charge is -2.33. The average Bonchev–Trinajstić information content (AvgIpc) is 2.80. The Bertz CT molecular complexity index is 273. The maximum atomic E-state index is 12.4. The highest BCUT2D eigenvalue weighted by molar-refractivity contribution is 7.80. The van der Waals surface area contributed by atoms with Crippen molar-refractivity contribution < 1.29 is 4.79 Å². The van der Waals surface area contributed by atoms with Crippen molar-refractivity contribution >= 4 is 23.2 Å². The molecule has 5 heteroatoms. The van der Waals surface area contributed by atoms with Gasteiger partial charge in [-0.3, -0.25) is 0 Å². The summed E-state index contributed by atoms with van der Waals surface area (Å²) < 4.78 is 0. The lowest BCUT2D eigenvalue weighted by molar-refractivity contribution is 0.146. The van der Waals surface area contributed by atoms with Crippen molar-refractivity contribution in [2.75, 3.05) is 19.6 Å². The number of carbonyl (C=O) groups is 1. The molecule has 2 N–H and O–H groups in total. The lowest BCUT2D eigenvalue weighted by atomic mass is 10.2. The highest BCUT2D eigenvalue weighted by Crippen LogP contribution is 2.24. The Balaban J connectivity index is 2.73. The Morgan fingerprint density at radius 2 is 1.82 bits per heavy atom. The maximum Gasteiger partial charge on any atom is 0.320 e. The van der Waals surface area contributed by atoms with Crippen molar-refractivity contribution in [1.82, 2.24) is 9.80 Å². The third-order valence-electron chi connectivity index (χ3n) is 3.37. The van der Waals surface area contributed by atoms with Crippen molar-refractivity contribution in [2.45, 2.75) is 45.6 Å². The van der Waals surface area contributed by atoms with Gasteiger partial charge in [0.2, 0.25) is 0 Å². The smallest absolute Gasteiger partial charge is 0.320 e. The summed E-state index contributed by atoms with van der Waals surface area (Å²) in [6, 6.07) is 0.402. The van der Waals surface area contributed by atoms with Gasteiger partial charge in [0.05, 0.1) is 11.5 Å². The van der Waals surface area contributed by atoms with Gasteiger partial charge in [-0.05, 0) is 26.7 Å². The Morgan fingerprint density at radius 1 is 1.29 bits per heavy atom. The second kappa shape index (κ2) is 6.79. The first-order chi connectivity index (χ1) is 8.10. The molecule has 2 amide bonds. The van der Waals surface area contributed by atoms with Gasteiger partial charge in [-0.2, -0.15) is 0 Å². The summed E-state index contributed by atoms with van der Waals surface area (Å²) in [7, 11) is 0. The molecule has 0 aromatic heterocycles. The van der Waals surface area contributed by atoms with Crippen LogP contribution in [0.5, 0.6) is 0 Å². The number of amides is 2. The molecule has 0 heterocycles. The third-order valence-corrected chi connectivity index (χ3v) is 3.50. The largest absolute Gasteiger partial charge is 0.392 e. The molecule has 1 aliphatic rings. The van der Waals surface area contributed by atoms with Gasteiger partial charge in [-0.15, -0.1) is 0 Å². The molecule has 1 fully saturated rings. The monoisotopic (exact) mass is 257 g/mol. The van der Waals surface area contributed by atoms with Crippen LogP contribution in [0, 0.1) is 0 Å². The molecule has 0 saturated heterocycles. The molecule has 0 atom stereocenters. The minimum atomic E-state index is 0.0784. The second-order valence-corrected chi connectivity index (χ2v) is 5.01. The summed E-state index contributed by atoms with van der Waals surface area (Å²) in [5.74, 6) is 0. The average molecular weight is 257 g/mol. The van der Waals surface area contributed by atoms with Crippen molar-refractivity contribution in [3.63, 3.8) is 0 Å². The third kappa shape index (κ3) is 3.84. The second-order valence-electron chi connectivity index (χ2n) is 4.49. The molecule has 0 aliphatic heterocycles. The minimum Gasteiger partial charge on any atom is -0.392 e. The highest BCUT2D eigenvalue weighted by atomic mass is 32.1. The number of rotatable bonds is 5. The number of hydrogen-bond acceptors (Lipinski definition) is 2. The molecule has 0 radical (unpaired) electrons. The van der Waals surface area contributed by atoms with Crippen LogP contribution in [0.3, 0.4) is 0 Å². The molecule has 1 aliphatic carbocycles. The van der Waals surface area contributed by atoms with E-state index < -0.39 is 0 Å². The zero-order chi connectivity index (χ0) is 12.8. The SMILES string of the molecule is CCN(CC)C(=O)N(CC(N)=S)C1CCCC1. The number of nitrogens with zero attached hydrogens (tertiary/aromatic N) is 2. The quantitative estimate of drug-likeness (QED) is 0.766. The Kier molecular flexibility index (Phi) is 5.68. The van der Waals surface area contributed by atoms with Crippen LogP contribution >= 0.6 is 12.2 Å². The van der Waals surface area contributed by atoms with Crippen LogP contribution < -0.4 is 5.73 Å². The fraction of sp³-hybridized carbons (Fsp3) is 0.833. The van der Waals surface area contributed by atoms with E-state index in [1.54, 1.807) is 0 Å². The predicted molar refractivity (Wildman–Crippen MR) is 74.1 cm³/mol. The van der Waals surface area contributed by atoms with Crippen LogP contribution in [0.4, 0.5) is 4.79 Å². The molecule has 0 aromatic carbocycles. The van der Waals surface area contributed by atoms with Gasteiger partial charge in [0.25, 0.3) is 0 Å². The summed E-state index contributed by atoms with van der Waals surface area (Å²) in [6.45, 7) is 5.87. The van der Waals surface area contributed by atoms with E-state index in [2.05, 4.69) is 0 Å². The first-order valence-corrected chi connectivity index (χ1v) is 6.84. The zero-order valence-corrected chi connectivity index (χ0v) is 11.6. The summed E-state index contributed by atoms with van der Waals surface area (Å²) in [4.78, 5) is 16.5. The fourth-order valence-electron chi connectivity index (χ4n) is 2.41. The van der Waals surface area contributed by atoms with E-state index in [-0.39, 0.29) is 6.03 Å². The van der Waals surface area contributed by atoms with Gasteiger partial charge >= 0.3 is 6.03 Å². The van der Waals surface area contributed by atoms with Gasteiger partial charge in [0.1, 0.15) is 0 Å². The van der Waals surface area contributed by atoms with E-state index in [4.69, 9.17) is 18.0 Å². The van der Waals surface area contributed by atoms with Gasteiger partial charge in [-0.1, -0.05) is 25.1 Å². The molecule has 98 valence electrons. The molecule has 0 spiro atoms. The van der Waals surface area contributed by atoms with E-state index >= 15 is 0 Å². The molecular formula is C12H23N3OS. The van der Waals surface area contributed by atoms with E-state index in [0.29, 0.717) is 17.6 Å². The number of nitrogens with two attached hydrogens (primary N) is 1. The summed E-state index contributed by atoms with van der Waals surface area (Å²) >= 11 is 4.95. The Hall–Kier alpha value is -0.840. The number of hydrogen-bond donors (Lipinski definition) is 1. The van der Waals surface area contributed by atoms with Crippen molar-refractivity contribution in [3.8, 4) is 0 Å². The van der Waals surface area contributed by atoms with Crippen molar-refractivity contribution in [1.29, 1.82) is 0 Å². The normalized spacial score (nSPS) is 15.9. The first kappa shape index (κ1) is 14.2. The van der Waals surface area contributed by atoms with Crippen LogP contribution in [-0.4, -0.2) is 46.5 Å². The van der Waals surface area contributed by atoms with Crippen molar-refractivity contribution in [2.24, 2.45) is 5.73 Å². The molecule has 0 unspecified atom stereocenters. The van der Waals surface area contributed by atoms with Crippen LogP contribution in [0.1, 0.15) is 39.5 Å². The number of urea groups is 1. The molecule has 4 nitrogen and oxygen atoms in total. The highest BCUT2D eigenvalue weighted by Gasteiger charge is 2.29. The molecule has 17 heavy (non-hydrogen) atoms. The summed E-state index contributed by atoms with van der Waals surface area (Å²) in [6.07, 6.45) is 4.55. The molecule has 0 aromatic rings. The van der Waals surface area contributed by atoms with Crippen LogP contribution in [-0.2, 0) is 0 Å². The van der Waals surface area contributed by atoms with E-state index in [1.807, 2.05) is 23.6 Å². The first-order valence-electron chi connectivity index (χ1n) is 6.44. The summed E-state index contributed by atoms with van der Waals surface area (Å²) in [5, 5.41) is 0. The minimum absolute atomic E-state index is 0.0784. The molecule has 0 bridgehead atoms. The van der Waals surface area contributed by atoms with Crippen LogP contribution in [0.2, 0.25) is 0 Å². The van der Waals surface area contributed by atoms with E-state index in [1.165, 1.54) is 12.8 Å². The fourth-order valence-corrected chi connectivity index (χ4v) is 2.55. The van der Waals surface area contributed by atoms with Crippen LogP contribution in [0.15, 0.2) is 0 Å². The molecule has 1 rings (SSSR count).